The van der Waals surface area contributed by atoms with Crippen LogP contribution in [0, 0.1) is 0 Å². The van der Waals surface area contributed by atoms with Gasteiger partial charge >= 0.3 is 0 Å². The van der Waals surface area contributed by atoms with Crippen LogP contribution in [-0.4, -0.2) is 11.3 Å². The maximum absolute atomic E-state index is 5.49. The smallest absolute Gasteiger partial charge is 0.0267 e. The van der Waals surface area contributed by atoms with Crippen molar-refractivity contribution < 1.29 is 0 Å². The third-order valence-corrected chi connectivity index (χ3v) is 2.23. The molecule has 0 rings (SSSR count). The van der Waals surface area contributed by atoms with Crippen molar-refractivity contribution in [3.63, 3.8) is 0 Å². The Bertz CT molecular complexity index is 97.1. The van der Waals surface area contributed by atoms with Crippen molar-refractivity contribution in [3.8, 4) is 0 Å². The topological polar surface area (TPSA) is 26.0 Å². The Balaban J connectivity index is 3.58. The van der Waals surface area contributed by atoms with Crippen LogP contribution in [-0.2, 0) is 0 Å². The zero-order valence-electron chi connectivity index (χ0n) is 6.35. The maximum atomic E-state index is 5.49. The Morgan fingerprint density at radius 3 is 2.44 bits per heavy atom. The first-order valence-corrected chi connectivity index (χ1v) is 3.99. The molecule has 54 valence electrons. The molecular weight excluding hydrogens is 130 g/mol. The fourth-order valence-corrected chi connectivity index (χ4v) is 0.901. The summed E-state index contributed by atoms with van der Waals surface area (Å²) in [7, 11) is 0. The number of nitrogens with two attached hydrogens (primary N) is 1. The monoisotopic (exact) mass is 145 g/mol. The molecule has 0 aliphatic heterocycles. The van der Waals surface area contributed by atoms with Gasteiger partial charge in [0.2, 0.25) is 0 Å². The van der Waals surface area contributed by atoms with Gasteiger partial charge in [0.15, 0.2) is 0 Å². The molecule has 0 atom stereocenters. The highest BCUT2D eigenvalue weighted by molar-refractivity contribution is 8.03. The molecule has 2 heteroatoms. The van der Waals surface area contributed by atoms with Gasteiger partial charge in [-0.25, -0.2) is 0 Å². The first kappa shape index (κ1) is 9.05. The van der Waals surface area contributed by atoms with Gasteiger partial charge in [-0.3, -0.25) is 0 Å². The van der Waals surface area contributed by atoms with E-state index in [1.165, 1.54) is 0 Å². The Morgan fingerprint density at radius 2 is 2.11 bits per heavy atom. The van der Waals surface area contributed by atoms with E-state index in [-0.39, 0.29) is 4.75 Å². The largest absolute Gasteiger partial charge is 0.329 e. The van der Waals surface area contributed by atoms with Gasteiger partial charge in [-0.15, -0.1) is 11.8 Å². The Morgan fingerprint density at radius 1 is 1.56 bits per heavy atom. The molecule has 2 N–H and O–H groups in total. The minimum absolute atomic E-state index is 0.201. The molecule has 0 heterocycles. The molecule has 0 radical (unpaired) electrons. The van der Waals surface area contributed by atoms with Crippen LogP contribution in [0.25, 0.3) is 0 Å². The molecule has 0 bridgehead atoms. The molecule has 0 fully saturated rings. The van der Waals surface area contributed by atoms with Gasteiger partial charge in [-0.2, -0.15) is 0 Å². The van der Waals surface area contributed by atoms with Gasteiger partial charge in [0.05, 0.1) is 0 Å². The van der Waals surface area contributed by atoms with Crippen molar-refractivity contribution in [2.75, 3.05) is 6.54 Å². The zero-order chi connectivity index (χ0) is 7.33. The normalized spacial score (nSPS) is 12.9. The lowest BCUT2D eigenvalue weighted by Gasteiger charge is -2.18. The van der Waals surface area contributed by atoms with Crippen molar-refractivity contribution in [3.05, 3.63) is 11.5 Å². The van der Waals surface area contributed by atoms with E-state index in [1.807, 2.05) is 13.0 Å². The van der Waals surface area contributed by atoms with Gasteiger partial charge in [0.25, 0.3) is 0 Å². The van der Waals surface area contributed by atoms with Crippen molar-refractivity contribution in [2.45, 2.75) is 25.5 Å². The van der Waals surface area contributed by atoms with Crippen LogP contribution in [0.5, 0.6) is 0 Å². The van der Waals surface area contributed by atoms with E-state index in [2.05, 4.69) is 19.3 Å². The number of thioether (sulfide) groups is 1. The van der Waals surface area contributed by atoms with Crippen LogP contribution in [0.4, 0.5) is 0 Å². The fourth-order valence-electron chi connectivity index (χ4n) is 0.300. The SMILES string of the molecule is C/C=C/SC(C)(C)CN. The van der Waals surface area contributed by atoms with Crippen LogP contribution in [0.2, 0.25) is 0 Å². The highest BCUT2D eigenvalue weighted by atomic mass is 32.2. The number of hydrogen-bond acceptors (Lipinski definition) is 2. The minimum atomic E-state index is 0.201. The molecule has 0 unspecified atom stereocenters. The summed E-state index contributed by atoms with van der Waals surface area (Å²) in [6.45, 7) is 7.01. The van der Waals surface area contributed by atoms with E-state index in [0.29, 0.717) is 0 Å². The molecule has 1 nitrogen and oxygen atoms in total. The number of allylic oxidation sites excluding steroid dienone is 1. The molecule has 0 amide bonds. The van der Waals surface area contributed by atoms with E-state index in [9.17, 15) is 0 Å². The van der Waals surface area contributed by atoms with Crippen LogP contribution >= 0.6 is 11.8 Å². The molecule has 0 spiro atoms. The third-order valence-electron chi connectivity index (χ3n) is 1.01. The van der Waals surface area contributed by atoms with Crippen LogP contribution in [0.3, 0.4) is 0 Å². The van der Waals surface area contributed by atoms with E-state index in [1.54, 1.807) is 11.8 Å². The summed E-state index contributed by atoms with van der Waals surface area (Å²) in [4.78, 5) is 0. The van der Waals surface area contributed by atoms with Crippen molar-refractivity contribution in [1.29, 1.82) is 0 Å². The third kappa shape index (κ3) is 4.55. The van der Waals surface area contributed by atoms with E-state index in [4.69, 9.17) is 5.73 Å². The lowest BCUT2D eigenvalue weighted by atomic mass is 10.2. The van der Waals surface area contributed by atoms with Crippen LogP contribution < -0.4 is 5.73 Å². The summed E-state index contributed by atoms with van der Waals surface area (Å²) >= 11 is 1.77. The first-order chi connectivity index (χ1) is 4.12. The first-order valence-electron chi connectivity index (χ1n) is 3.11. The van der Waals surface area contributed by atoms with Crippen molar-refractivity contribution >= 4 is 11.8 Å². The highest BCUT2D eigenvalue weighted by Gasteiger charge is 2.12. The van der Waals surface area contributed by atoms with Gasteiger partial charge in [0.1, 0.15) is 0 Å². The summed E-state index contributed by atoms with van der Waals surface area (Å²) < 4.78 is 0.201. The van der Waals surface area contributed by atoms with Crippen molar-refractivity contribution in [2.24, 2.45) is 5.73 Å². The lowest BCUT2D eigenvalue weighted by Crippen LogP contribution is -2.25. The molecule has 0 aliphatic carbocycles. The molecule has 0 saturated carbocycles. The maximum Gasteiger partial charge on any atom is 0.0267 e. The average molecular weight is 145 g/mol. The number of rotatable bonds is 3. The Kier molecular flexibility index (Phi) is 3.98. The predicted molar refractivity (Wildman–Crippen MR) is 45.5 cm³/mol. The summed E-state index contributed by atoms with van der Waals surface area (Å²) in [6.07, 6.45) is 2.03. The van der Waals surface area contributed by atoms with Crippen LogP contribution in [0.1, 0.15) is 20.8 Å². The van der Waals surface area contributed by atoms with E-state index >= 15 is 0 Å². The summed E-state index contributed by atoms with van der Waals surface area (Å²) in [5, 5.41) is 2.08. The minimum Gasteiger partial charge on any atom is -0.329 e. The summed E-state index contributed by atoms with van der Waals surface area (Å²) in [5.74, 6) is 0. The second-order valence-electron chi connectivity index (χ2n) is 2.55. The van der Waals surface area contributed by atoms with Gasteiger partial charge in [-0.05, 0) is 26.2 Å². The molecule has 0 aromatic rings. The zero-order valence-corrected chi connectivity index (χ0v) is 7.16. The average Bonchev–Trinajstić information content (AvgIpc) is 1.84. The van der Waals surface area contributed by atoms with Gasteiger partial charge < -0.3 is 5.73 Å². The molecule has 0 aliphatic rings. The van der Waals surface area contributed by atoms with Crippen LogP contribution in [0.15, 0.2) is 11.5 Å². The molecule has 9 heavy (non-hydrogen) atoms. The van der Waals surface area contributed by atoms with Gasteiger partial charge in [-0.1, -0.05) is 6.08 Å². The molecule has 0 aromatic carbocycles. The predicted octanol–water partition coefficient (Wildman–Crippen LogP) is 1.99. The fraction of sp³-hybridized carbons (Fsp3) is 0.714. The summed E-state index contributed by atoms with van der Waals surface area (Å²) in [6, 6.07) is 0. The standard InChI is InChI=1S/C7H15NS/c1-4-5-9-7(2,3)6-8/h4-5H,6,8H2,1-3H3/b5-4+. The number of hydrogen-bond donors (Lipinski definition) is 1. The molecule has 0 aromatic heterocycles. The second-order valence-corrected chi connectivity index (χ2v) is 4.16. The summed E-state index contributed by atoms with van der Waals surface area (Å²) in [5.41, 5.74) is 5.49. The second kappa shape index (κ2) is 3.96. The Hall–Kier alpha value is 0.0500. The Labute approximate surface area is 61.7 Å². The molecular formula is C7H15NS. The van der Waals surface area contributed by atoms with E-state index in [0.717, 1.165) is 6.54 Å². The lowest BCUT2D eigenvalue weighted by molar-refractivity contribution is 0.726. The van der Waals surface area contributed by atoms with E-state index < -0.39 is 0 Å². The quantitative estimate of drug-likeness (QED) is 0.657. The van der Waals surface area contributed by atoms with Gasteiger partial charge in [0, 0.05) is 11.3 Å². The molecule has 0 saturated heterocycles. The highest BCUT2D eigenvalue weighted by Crippen LogP contribution is 2.23. The van der Waals surface area contributed by atoms with Crippen molar-refractivity contribution in [1.82, 2.24) is 0 Å².